The summed E-state index contributed by atoms with van der Waals surface area (Å²) < 4.78 is 2.01. The van der Waals surface area contributed by atoms with E-state index in [1.807, 2.05) is 10.9 Å². The third-order valence-electron chi connectivity index (χ3n) is 3.26. The Morgan fingerprint density at radius 3 is 2.47 bits per heavy atom. The number of rotatable bonds is 7. The molecule has 0 aliphatic heterocycles. The Morgan fingerprint density at radius 2 is 2.00 bits per heavy atom. The van der Waals surface area contributed by atoms with Crippen molar-refractivity contribution in [1.29, 1.82) is 0 Å². The highest BCUT2D eigenvalue weighted by molar-refractivity contribution is 5.05. The molecule has 0 bridgehead atoms. The minimum Gasteiger partial charge on any atom is -0.312 e. The first kappa shape index (κ1) is 16.2. The highest BCUT2D eigenvalue weighted by Crippen LogP contribution is 2.17. The molecule has 3 nitrogen and oxygen atoms in total. The molecule has 19 heavy (non-hydrogen) atoms. The summed E-state index contributed by atoms with van der Waals surface area (Å²) in [5.74, 6) is 1.43. The van der Waals surface area contributed by atoms with E-state index in [4.69, 9.17) is 0 Å². The van der Waals surface area contributed by atoms with Gasteiger partial charge < -0.3 is 5.32 Å². The van der Waals surface area contributed by atoms with Crippen molar-refractivity contribution in [2.45, 2.75) is 66.5 Å². The van der Waals surface area contributed by atoms with Crippen LogP contribution in [0.15, 0.2) is 12.4 Å². The van der Waals surface area contributed by atoms with E-state index < -0.39 is 0 Å². The molecule has 0 saturated carbocycles. The normalized spacial score (nSPS) is 14.1. The molecule has 1 N–H and O–H groups in total. The van der Waals surface area contributed by atoms with Crippen LogP contribution in [-0.2, 0) is 13.0 Å². The Hall–Kier alpha value is -0.830. The standard InChI is InChI=1S/C16H31N3/c1-7-19-12-15(11-18-19)9-14(8-13(2)3)10-17-16(4,5)6/h11-14,17H,7-10H2,1-6H3. The lowest BCUT2D eigenvalue weighted by atomic mass is 9.91. The van der Waals surface area contributed by atoms with Crippen LogP contribution in [0.1, 0.15) is 53.5 Å². The molecule has 0 aromatic carbocycles. The van der Waals surface area contributed by atoms with Crippen molar-refractivity contribution in [3.8, 4) is 0 Å². The van der Waals surface area contributed by atoms with E-state index >= 15 is 0 Å². The van der Waals surface area contributed by atoms with E-state index in [0.717, 1.165) is 25.4 Å². The Balaban J connectivity index is 2.58. The molecule has 1 atom stereocenters. The Morgan fingerprint density at radius 1 is 1.32 bits per heavy atom. The molecule has 3 heteroatoms. The maximum absolute atomic E-state index is 4.37. The number of aromatic nitrogens is 2. The molecule has 0 spiro atoms. The van der Waals surface area contributed by atoms with Gasteiger partial charge in [-0.05, 0) is 64.5 Å². The zero-order valence-electron chi connectivity index (χ0n) is 13.5. The van der Waals surface area contributed by atoms with Gasteiger partial charge in [0.1, 0.15) is 0 Å². The average molecular weight is 265 g/mol. The predicted molar refractivity (Wildman–Crippen MR) is 82.3 cm³/mol. The van der Waals surface area contributed by atoms with Crippen LogP contribution in [0.5, 0.6) is 0 Å². The van der Waals surface area contributed by atoms with Gasteiger partial charge >= 0.3 is 0 Å². The van der Waals surface area contributed by atoms with Crippen LogP contribution >= 0.6 is 0 Å². The minimum absolute atomic E-state index is 0.197. The topological polar surface area (TPSA) is 29.9 Å². The van der Waals surface area contributed by atoms with Crippen molar-refractivity contribution in [2.24, 2.45) is 11.8 Å². The second-order valence-corrected chi connectivity index (χ2v) is 7.03. The Labute approximate surface area is 118 Å². The van der Waals surface area contributed by atoms with Crippen molar-refractivity contribution in [2.75, 3.05) is 6.54 Å². The van der Waals surface area contributed by atoms with Gasteiger partial charge in [-0.1, -0.05) is 13.8 Å². The van der Waals surface area contributed by atoms with Gasteiger partial charge in [-0.25, -0.2) is 0 Å². The van der Waals surface area contributed by atoms with Crippen molar-refractivity contribution in [3.63, 3.8) is 0 Å². The summed E-state index contributed by atoms with van der Waals surface area (Å²) in [6.07, 6.45) is 6.60. The van der Waals surface area contributed by atoms with Gasteiger partial charge in [0.25, 0.3) is 0 Å². The third kappa shape index (κ3) is 6.76. The molecular formula is C16H31N3. The third-order valence-corrected chi connectivity index (χ3v) is 3.26. The number of hydrogen-bond acceptors (Lipinski definition) is 2. The lowest BCUT2D eigenvalue weighted by Gasteiger charge is -2.26. The van der Waals surface area contributed by atoms with E-state index in [9.17, 15) is 0 Å². The second-order valence-electron chi connectivity index (χ2n) is 7.03. The highest BCUT2D eigenvalue weighted by Gasteiger charge is 2.16. The number of hydrogen-bond donors (Lipinski definition) is 1. The molecule has 1 unspecified atom stereocenters. The van der Waals surface area contributed by atoms with Gasteiger partial charge in [-0.3, -0.25) is 4.68 Å². The second kappa shape index (κ2) is 7.09. The molecular weight excluding hydrogens is 234 g/mol. The molecule has 0 fully saturated rings. The molecule has 0 aliphatic rings. The largest absolute Gasteiger partial charge is 0.312 e. The first-order chi connectivity index (χ1) is 8.80. The first-order valence-electron chi connectivity index (χ1n) is 7.56. The summed E-state index contributed by atoms with van der Waals surface area (Å²) in [6, 6.07) is 0. The fourth-order valence-corrected chi connectivity index (χ4v) is 2.37. The van der Waals surface area contributed by atoms with Crippen molar-refractivity contribution in [3.05, 3.63) is 18.0 Å². The van der Waals surface area contributed by atoms with Gasteiger partial charge in [0, 0.05) is 18.3 Å². The van der Waals surface area contributed by atoms with Crippen LogP contribution in [0.3, 0.4) is 0 Å². The molecule has 1 heterocycles. The minimum atomic E-state index is 0.197. The lowest BCUT2D eigenvalue weighted by Crippen LogP contribution is -2.39. The van der Waals surface area contributed by atoms with Gasteiger partial charge in [-0.2, -0.15) is 5.10 Å². The smallest absolute Gasteiger partial charge is 0.0521 e. The van der Waals surface area contributed by atoms with Gasteiger partial charge in [0.15, 0.2) is 0 Å². The Kier molecular flexibility index (Phi) is 6.05. The monoisotopic (exact) mass is 265 g/mol. The highest BCUT2D eigenvalue weighted by atomic mass is 15.3. The molecule has 0 radical (unpaired) electrons. The van der Waals surface area contributed by atoms with Crippen molar-refractivity contribution < 1.29 is 0 Å². The van der Waals surface area contributed by atoms with E-state index in [2.05, 4.69) is 58.2 Å². The van der Waals surface area contributed by atoms with Crippen molar-refractivity contribution >= 4 is 0 Å². The molecule has 110 valence electrons. The van der Waals surface area contributed by atoms with Crippen LogP contribution < -0.4 is 5.32 Å². The summed E-state index contributed by atoms with van der Waals surface area (Å²) in [7, 11) is 0. The summed E-state index contributed by atoms with van der Waals surface area (Å²) in [5, 5.41) is 8.01. The van der Waals surface area contributed by atoms with Crippen LogP contribution in [0, 0.1) is 11.8 Å². The van der Waals surface area contributed by atoms with E-state index in [1.165, 1.54) is 12.0 Å². The predicted octanol–water partition coefficient (Wildman–Crippen LogP) is 3.50. The summed E-state index contributed by atoms with van der Waals surface area (Å²) in [4.78, 5) is 0. The molecule has 0 saturated heterocycles. The zero-order valence-corrected chi connectivity index (χ0v) is 13.5. The number of nitrogens with zero attached hydrogens (tertiary/aromatic N) is 2. The fraction of sp³-hybridized carbons (Fsp3) is 0.812. The van der Waals surface area contributed by atoms with E-state index in [0.29, 0.717) is 5.92 Å². The molecule has 1 aromatic heterocycles. The lowest BCUT2D eigenvalue weighted by molar-refractivity contribution is 0.331. The zero-order chi connectivity index (χ0) is 14.5. The average Bonchev–Trinajstić information content (AvgIpc) is 2.72. The molecule has 1 rings (SSSR count). The summed E-state index contributed by atoms with van der Waals surface area (Å²) in [5.41, 5.74) is 1.56. The fourth-order valence-electron chi connectivity index (χ4n) is 2.37. The Bertz CT molecular complexity index is 360. The summed E-state index contributed by atoms with van der Waals surface area (Å²) >= 11 is 0. The summed E-state index contributed by atoms with van der Waals surface area (Å²) in [6.45, 7) is 15.5. The maximum Gasteiger partial charge on any atom is 0.0521 e. The molecule has 1 aromatic rings. The number of nitrogens with one attached hydrogen (secondary N) is 1. The van der Waals surface area contributed by atoms with Crippen LogP contribution in [0.2, 0.25) is 0 Å². The van der Waals surface area contributed by atoms with Gasteiger partial charge in [-0.15, -0.1) is 0 Å². The van der Waals surface area contributed by atoms with Crippen LogP contribution in [-0.4, -0.2) is 21.9 Å². The van der Waals surface area contributed by atoms with Crippen molar-refractivity contribution in [1.82, 2.24) is 15.1 Å². The molecule has 0 amide bonds. The first-order valence-corrected chi connectivity index (χ1v) is 7.56. The van der Waals surface area contributed by atoms with Crippen LogP contribution in [0.4, 0.5) is 0 Å². The van der Waals surface area contributed by atoms with Gasteiger partial charge in [0.05, 0.1) is 6.20 Å². The maximum atomic E-state index is 4.37. The molecule has 0 aliphatic carbocycles. The quantitative estimate of drug-likeness (QED) is 0.818. The van der Waals surface area contributed by atoms with Crippen LogP contribution in [0.25, 0.3) is 0 Å². The van der Waals surface area contributed by atoms with E-state index in [-0.39, 0.29) is 5.54 Å². The van der Waals surface area contributed by atoms with E-state index in [1.54, 1.807) is 0 Å². The van der Waals surface area contributed by atoms with Gasteiger partial charge in [0.2, 0.25) is 0 Å². The number of aryl methyl sites for hydroxylation is 1. The SMILES string of the molecule is CCn1cc(CC(CNC(C)(C)C)CC(C)C)cn1.